The summed E-state index contributed by atoms with van der Waals surface area (Å²) in [5.74, 6) is 2.14. The second-order valence-electron chi connectivity index (χ2n) is 6.98. The van der Waals surface area contributed by atoms with Crippen molar-refractivity contribution < 1.29 is 9.53 Å². The van der Waals surface area contributed by atoms with Gasteiger partial charge < -0.3 is 15.0 Å². The molecule has 5 nitrogen and oxygen atoms in total. The molecule has 2 aliphatic rings. The van der Waals surface area contributed by atoms with Crippen LogP contribution in [0.1, 0.15) is 43.0 Å². The van der Waals surface area contributed by atoms with Crippen molar-refractivity contribution in [3.8, 4) is 0 Å². The number of aromatic nitrogens is 1. The minimum absolute atomic E-state index is 0.0274. The van der Waals surface area contributed by atoms with Crippen LogP contribution in [0.2, 0.25) is 5.02 Å². The molecule has 0 bridgehead atoms. The Labute approximate surface area is 148 Å². The van der Waals surface area contributed by atoms with Crippen LogP contribution in [0, 0.1) is 11.8 Å². The first-order chi connectivity index (χ1) is 11.6. The third kappa shape index (κ3) is 4.39. The Kier molecular flexibility index (Phi) is 5.95. The van der Waals surface area contributed by atoms with Crippen molar-refractivity contribution in [2.45, 2.75) is 32.6 Å². The maximum atomic E-state index is 12.5. The zero-order valence-corrected chi connectivity index (χ0v) is 15.0. The van der Waals surface area contributed by atoms with E-state index in [1.165, 1.54) is 25.7 Å². The maximum absolute atomic E-state index is 12.5. The highest BCUT2D eigenvalue weighted by Crippen LogP contribution is 2.29. The largest absolute Gasteiger partial charge is 0.378 e. The van der Waals surface area contributed by atoms with Gasteiger partial charge in [0.25, 0.3) is 5.91 Å². The number of rotatable bonds is 4. The van der Waals surface area contributed by atoms with Gasteiger partial charge in [-0.3, -0.25) is 4.79 Å². The first kappa shape index (κ1) is 17.5. The van der Waals surface area contributed by atoms with Crippen LogP contribution < -0.4 is 5.32 Å². The van der Waals surface area contributed by atoms with E-state index in [0.29, 0.717) is 48.6 Å². The van der Waals surface area contributed by atoms with Crippen molar-refractivity contribution in [2.24, 2.45) is 11.8 Å². The number of nitrogens with zero attached hydrogens (tertiary/aromatic N) is 2. The Bertz CT molecular complexity index is 575. The predicted molar refractivity (Wildman–Crippen MR) is 95.6 cm³/mol. The highest BCUT2D eigenvalue weighted by Gasteiger charge is 2.21. The summed E-state index contributed by atoms with van der Waals surface area (Å²) in [5.41, 5.74) is 0.540. The second kappa shape index (κ2) is 8.17. The molecule has 1 saturated heterocycles. The van der Waals surface area contributed by atoms with Crippen LogP contribution in [0.25, 0.3) is 0 Å². The van der Waals surface area contributed by atoms with E-state index in [1.54, 1.807) is 17.2 Å². The SMILES string of the molecule is CC1CCCC(CNc2ncc(C(=O)N3CCOCC3)cc2Cl)C1. The Morgan fingerprint density at radius 2 is 2.21 bits per heavy atom. The van der Waals surface area contributed by atoms with Gasteiger partial charge in [-0.05, 0) is 30.7 Å². The van der Waals surface area contributed by atoms with Gasteiger partial charge in [-0.2, -0.15) is 0 Å². The average molecular weight is 352 g/mol. The van der Waals surface area contributed by atoms with Gasteiger partial charge in [-0.1, -0.05) is 31.4 Å². The lowest BCUT2D eigenvalue weighted by molar-refractivity contribution is 0.0302. The first-order valence-electron chi connectivity index (χ1n) is 8.90. The van der Waals surface area contributed by atoms with Gasteiger partial charge >= 0.3 is 0 Å². The lowest BCUT2D eigenvalue weighted by Crippen LogP contribution is -2.40. The van der Waals surface area contributed by atoms with Gasteiger partial charge in [0.1, 0.15) is 5.82 Å². The predicted octanol–water partition coefficient (Wildman–Crippen LogP) is 3.45. The van der Waals surface area contributed by atoms with Gasteiger partial charge in [0.2, 0.25) is 0 Å². The molecule has 24 heavy (non-hydrogen) atoms. The smallest absolute Gasteiger partial charge is 0.255 e. The molecule has 2 fully saturated rings. The Hall–Kier alpha value is -1.33. The summed E-state index contributed by atoms with van der Waals surface area (Å²) in [6.45, 7) is 5.64. The number of nitrogens with one attached hydrogen (secondary N) is 1. The Balaban J connectivity index is 1.58. The van der Waals surface area contributed by atoms with Crippen molar-refractivity contribution in [3.63, 3.8) is 0 Å². The molecule has 1 aliphatic carbocycles. The van der Waals surface area contributed by atoms with Gasteiger partial charge in [0, 0.05) is 25.8 Å². The molecule has 1 aliphatic heterocycles. The van der Waals surface area contributed by atoms with Gasteiger partial charge in [-0.25, -0.2) is 4.98 Å². The van der Waals surface area contributed by atoms with Crippen LogP contribution in [-0.2, 0) is 4.74 Å². The summed E-state index contributed by atoms with van der Waals surface area (Å²) < 4.78 is 5.28. The number of hydrogen-bond acceptors (Lipinski definition) is 4. The molecule has 1 amide bonds. The number of carbonyl (C=O) groups excluding carboxylic acids is 1. The fourth-order valence-electron chi connectivity index (χ4n) is 3.62. The van der Waals surface area contributed by atoms with E-state index in [4.69, 9.17) is 16.3 Å². The quantitative estimate of drug-likeness (QED) is 0.902. The van der Waals surface area contributed by atoms with E-state index in [-0.39, 0.29) is 5.91 Å². The molecule has 0 aromatic carbocycles. The van der Waals surface area contributed by atoms with Crippen LogP contribution in [0.3, 0.4) is 0 Å². The number of halogens is 1. The fraction of sp³-hybridized carbons (Fsp3) is 0.667. The van der Waals surface area contributed by atoms with Crippen molar-refractivity contribution in [1.82, 2.24) is 9.88 Å². The molecule has 2 atom stereocenters. The van der Waals surface area contributed by atoms with Crippen LogP contribution >= 0.6 is 11.6 Å². The number of amides is 1. The average Bonchev–Trinajstić information content (AvgIpc) is 2.61. The van der Waals surface area contributed by atoms with Crippen LogP contribution in [-0.4, -0.2) is 48.6 Å². The molecule has 2 heterocycles. The molecule has 0 radical (unpaired) electrons. The fourth-order valence-corrected chi connectivity index (χ4v) is 3.85. The highest BCUT2D eigenvalue weighted by atomic mass is 35.5. The number of carbonyl (C=O) groups is 1. The monoisotopic (exact) mass is 351 g/mol. The molecular weight excluding hydrogens is 326 g/mol. The third-order valence-electron chi connectivity index (χ3n) is 4.99. The van der Waals surface area contributed by atoms with Crippen molar-refractivity contribution >= 4 is 23.3 Å². The Morgan fingerprint density at radius 3 is 2.92 bits per heavy atom. The number of hydrogen-bond donors (Lipinski definition) is 1. The van der Waals surface area contributed by atoms with Crippen molar-refractivity contribution in [1.29, 1.82) is 0 Å². The van der Waals surface area contributed by atoms with E-state index in [2.05, 4.69) is 17.2 Å². The van der Waals surface area contributed by atoms with E-state index < -0.39 is 0 Å². The van der Waals surface area contributed by atoms with E-state index in [1.807, 2.05) is 0 Å². The van der Waals surface area contributed by atoms with Gasteiger partial charge in [-0.15, -0.1) is 0 Å². The lowest BCUT2D eigenvalue weighted by atomic mass is 9.82. The number of ether oxygens (including phenoxy) is 1. The maximum Gasteiger partial charge on any atom is 0.255 e. The summed E-state index contributed by atoms with van der Waals surface area (Å²) >= 11 is 6.34. The molecule has 1 saturated carbocycles. The standard InChI is InChI=1S/C18H26ClN3O2/c1-13-3-2-4-14(9-13)11-20-17-16(19)10-15(12-21-17)18(23)22-5-7-24-8-6-22/h10,12-14H,2-9,11H2,1H3,(H,20,21). The molecule has 132 valence electrons. The summed E-state index contributed by atoms with van der Waals surface area (Å²) in [6.07, 6.45) is 6.80. The molecule has 3 rings (SSSR count). The van der Waals surface area contributed by atoms with Crippen LogP contribution in [0.15, 0.2) is 12.3 Å². The topological polar surface area (TPSA) is 54.5 Å². The molecule has 6 heteroatoms. The minimum atomic E-state index is -0.0274. The molecular formula is C18H26ClN3O2. The summed E-state index contributed by atoms with van der Waals surface area (Å²) in [5, 5.41) is 3.87. The van der Waals surface area contributed by atoms with Crippen molar-refractivity contribution in [3.05, 3.63) is 22.8 Å². The zero-order valence-electron chi connectivity index (χ0n) is 14.3. The molecule has 0 spiro atoms. The normalized spacial score (nSPS) is 24.7. The molecule has 1 N–H and O–H groups in total. The molecule has 1 aromatic heterocycles. The lowest BCUT2D eigenvalue weighted by Gasteiger charge is -2.27. The third-order valence-corrected chi connectivity index (χ3v) is 5.28. The van der Waals surface area contributed by atoms with Crippen LogP contribution in [0.5, 0.6) is 0 Å². The van der Waals surface area contributed by atoms with E-state index in [9.17, 15) is 4.79 Å². The van der Waals surface area contributed by atoms with Crippen molar-refractivity contribution in [2.75, 3.05) is 38.2 Å². The highest BCUT2D eigenvalue weighted by molar-refractivity contribution is 6.33. The second-order valence-corrected chi connectivity index (χ2v) is 7.38. The first-order valence-corrected chi connectivity index (χ1v) is 9.27. The number of pyridine rings is 1. The summed E-state index contributed by atoms with van der Waals surface area (Å²) in [4.78, 5) is 18.6. The van der Waals surface area contributed by atoms with Gasteiger partial charge in [0.05, 0.1) is 23.8 Å². The zero-order chi connectivity index (χ0) is 16.9. The van der Waals surface area contributed by atoms with Gasteiger partial charge in [0.15, 0.2) is 0 Å². The van der Waals surface area contributed by atoms with E-state index >= 15 is 0 Å². The molecule has 2 unspecified atom stereocenters. The minimum Gasteiger partial charge on any atom is -0.378 e. The molecule has 1 aromatic rings. The number of morpholine rings is 1. The van der Waals surface area contributed by atoms with E-state index in [0.717, 1.165) is 12.5 Å². The number of anilines is 1. The van der Waals surface area contributed by atoms with Crippen LogP contribution in [0.4, 0.5) is 5.82 Å². The summed E-state index contributed by atoms with van der Waals surface area (Å²) in [6, 6.07) is 1.72. The summed E-state index contributed by atoms with van der Waals surface area (Å²) in [7, 11) is 0. The Morgan fingerprint density at radius 1 is 1.42 bits per heavy atom.